The minimum absolute atomic E-state index is 0.283. The topological polar surface area (TPSA) is 74.1 Å². The first kappa shape index (κ1) is 20.1. The summed E-state index contributed by atoms with van der Waals surface area (Å²) in [6.45, 7) is 1.77. The number of ether oxygens (including phenoxy) is 2. The van der Waals surface area contributed by atoms with Gasteiger partial charge in [-0.25, -0.2) is 0 Å². The summed E-state index contributed by atoms with van der Waals surface area (Å²) < 4.78 is 13.1. The zero-order valence-corrected chi connectivity index (χ0v) is 17.3. The molecule has 2 aromatic carbocycles. The van der Waals surface area contributed by atoms with Crippen LogP contribution in [0, 0.1) is 0 Å². The molecule has 0 aliphatic heterocycles. The number of benzene rings is 2. The van der Waals surface area contributed by atoms with Crippen LogP contribution in [0.25, 0.3) is 5.69 Å². The Bertz CT molecular complexity index is 984. The minimum atomic E-state index is 0.283. The molecule has 0 saturated carbocycles. The molecule has 0 amide bonds. The van der Waals surface area contributed by atoms with Crippen molar-refractivity contribution in [2.45, 2.75) is 38.6 Å². The fourth-order valence-corrected chi connectivity index (χ4v) is 3.59. The maximum absolute atomic E-state index is 5.96. The third kappa shape index (κ3) is 5.04. The van der Waals surface area contributed by atoms with E-state index < -0.39 is 0 Å². The maximum atomic E-state index is 5.96. The summed E-state index contributed by atoms with van der Waals surface area (Å²) >= 11 is 0. The molecule has 0 radical (unpaired) electrons. The number of nitrogens with zero attached hydrogens (tertiary/aromatic N) is 4. The summed E-state index contributed by atoms with van der Waals surface area (Å²) in [5, 5.41) is 15.3. The second kappa shape index (κ2) is 10.0. The first-order valence-corrected chi connectivity index (χ1v) is 10.4. The van der Waals surface area contributed by atoms with Gasteiger partial charge in [-0.3, -0.25) is 0 Å². The van der Waals surface area contributed by atoms with Crippen molar-refractivity contribution < 1.29 is 9.47 Å². The van der Waals surface area contributed by atoms with Gasteiger partial charge in [0.1, 0.15) is 0 Å². The molecule has 1 N–H and O–H groups in total. The van der Waals surface area contributed by atoms with Gasteiger partial charge < -0.3 is 14.8 Å². The third-order valence-electron chi connectivity index (χ3n) is 5.21. The summed E-state index contributed by atoms with van der Waals surface area (Å²) in [5.41, 5.74) is 3.55. The number of hydrogen-bond donors (Lipinski definition) is 1. The van der Waals surface area contributed by atoms with Crippen molar-refractivity contribution in [1.82, 2.24) is 25.5 Å². The lowest BCUT2D eigenvalue weighted by Crippen LogP contribution is -2.15. The van der Waals surface area contributed by atoms with E-state index in [1.54, 1.807) is 17.4 Å². The molecule has 30 heavy (non-hydrogen) atoms. The van der Waals surface area contributed by atoms with Gasteiger partial charge in [0.05, 0.1) is 12.8 Å². The molecule has 1 heterocycles. The van der Waals surface area contributed by atoms with Crippen LogP contribution in [0.3, 0.4) is 0 Å². The standard InChI is InChI=1S/C23H27N5O2/c1-29-22-16-19(17-24-15-14-18-8-4-2-5-9-18)12-13-21(22)30-23-25-26-27-28(23)20-10-6-3-7-11-20/h3,6-8,10-13,16,24H,2,4-5,9,14-15,17H2,1H3. The first-order valence-electron chi connectivity index (χ1n) is 10.4. The lowest BCUT2D eigenvalue weighted by molar-refractivity contribution is 0.362. The van der Waals surface area contributed by atoms with Gasteiger partial charge in [-0.1, -0.05) is 41.0 Å². The summed E-state index contributed by atoms with van der Waals surface area (Å²) in [6, 6.07) is 15.8. The highest BCUT2D eigenvalue weighted by molar-refractivity contribution is 5.44. The van der Waals surface area contributed by atoms with Gasteiger partial charge >= 0.3 is 6.01 Å². The second-order valence-corrected chi connectivity index (χ2v) is 7.33. The Hall–Kier alpha value is -3.19. The van der Waals surface area contributed by atoms with Crippen LogP contribution in [0.5, 0.6) is 17.5 Å². The lowest BCUT2D eigenvalue weighted by atomic mass is 9.97. The molecule has 0 spiro atoms. The highest BCUT2D eigenvalue weighted by atomic mass is 16.5. The van der Waals surface area contributed by atoms with Crippen molar-refractivity contribution in [3.63, 3.8) is 0 Å². The molecule has 1 aliphatic rings. The summed E-state index contributed by atoms with van der Waals surface area (Å²) in [5.74, 6) is 1.22. The Morgan fingerprint density at radius 3 is 2.77 bits per heavy atom. The van der Waals surface area contributed by atoms with Gasteiger partial charge in [-0.2, -0.15) is 4.68 Å². The molecule has 4 rings (SSSR count). The minimum Gasteiger partial charge on any atom is -0.493 e. The van der Waals surface area contributed by atoms with Crippen molar-refractivity contribution >= 4 is 0 Å². The van der Waals surface area contributed by atoms with E-state index in [9.17, 15) is 0 Å². The molecule has 0 bridgehead atoms. The molecule has 7 nitrogen and oxygen atoms in total. The molecule has 0 atom stereocenters. The average molecular weight is 406 g/mol. The van der Waals surface area contributed by atoms with Gasteiger partial charge in [-0.15, -0.1) is 0 Å². The zero-order chi connectivity index (χ0) is 20.6. The number of aromatic nitrogens is 4. The van der Waals surface area contributed by atoms with Crippen LogP contribution in [0.2, 0.25) is 0 Å². The normalized spacial score (nSPS) is 13.7. The van der Waals surface area contributed by atoms with Crippen molar-refractivity contribution in [2.24, 2.45) is 0 Å². The van der Waals surface area contributed by atoms with Gasteiger partial charge in [0.25, 0.3) is 0 Å². The summed E-state index contributed by atoms with van der Waals surface area (Å²) in [7, 11) is 1.63. The van der Waals surface area contributed by atoms with E-state index >= 15 is 0 Å². The van der Waals surface area contributed by atoms with Crippen LogP contribution < -0.4 is 14.8 Å². The number of para-hydroxylation sites is 1. The predicted molar refractivity (Wildman–Crippen MR) is 115 cm³/mol. The Kier molecular flexibility index (Phi) is 6.72. The number of rotatable bonds is 9. The zero-order valence-electron chi connectivity index (χ0n) is 17.3. The second-order valence-electron chi connectivity index (χ2n) is 7.33. The SMILES string of the molecule is COc1cc(CNCCC2=CCCCC2)ccc1Oc1nnnn1-c1ccccc1. The lowest BCUT2D eigenvalue weighted by Gasteiger charge is -2.14. The molecule has 1 aliphatic carbocycles. The van der Waals surface area contributed by atoms with Crippen LogP contribution in [-0.4, -0.2) is 33.9 Å². The summed E-state index contributed by atoms with van der Waals surface area (Å²) in [6.07, 6.45) is 8.69. The van der Waals surface area contributed by atoms with E-state index in [-0.39, 0.29) is 6.01 Å². The fourth-order valence-electron chi connectivity index (χ4n) is 3.59. The average Bonchev–Trinajstić information content (AvgIpc) is 3.27. The molecular formula is C23H27N5O2. The molecule has 1 aromatic heterocycles. The molecule has 0 fully saturated rings. The smallest absolute Gasteiger partial charge is 0.346 e. The van der Waals surface area contributed by atoms with Crippen LogP contribution in [0.15, 0.2) is 60.2 Å². The molecule has 3 aromatic rings. The van der Waals surface area contributed by atoms with E-state index in [1.165, 1.54) is 25.7 Å². The van der Waals surface area contributed by atoms with E-state index in [0.717, 1.165) is 30.8 Å². The first-order chi connectivity index (χ1) is 14.8. The van der Waals surface area contributed by atoms with Crippen molar-refractivity contribution in [1.29, 1.82) is 0 Å². The molecule has 0 unspecified atom stereocenters. The number of hydrogen-bond acceptors (Lipinski definition) is 6. The fraction of sp³-hybridized carbons (Fsp3) is 0.348. The van der Waals surface area contributed by atoms with Crippen LogP contribution in [-0.2, 0) is 6.54 Å². The van der Waals surface area contributed by atoms with Gasteiger partial charge in [0, 0.05) is 6.54 Å². The van der Waals surface area contributed by atoms with Crippen LogP contribution in [0.4, 0.5) is 0 Å². The van der Waals surface area contributed by atoms with E-state index in [2.05, 4.69) is 26.9 Å². The molecule has 7 heteroatoms. The summed E-state index contributed by atoms with van der Waals surface area (Å²) in [4.78, 5) is 0. The number of methoxy groups -OCH3 is 1. The van der Waals surface area contributed by atoms with Crippen molar-refractivity contribution in [3.05, 3.63) is 65.7 Å². The van der Waals surface area contributed by atoms with E-state index in [4.69, 9.17) is 9.47 Å². The Labute approximate surface area is 176 Å². The third-order valence-corrected chi connectivity index (χ3v) is 5.21. The van der Waals surface area contributed by atoms with Crippen molar-refractivity contribution in [2.75, 3.05) is 13.7 Å². The van der Waals surface area contributed by atoms with Crippen LogP contribution >= 0.6 is 0 Å². The number of tetrazole rings is 1. The number of allylic oxidation sites excluding steroid dienone is 1. The van der Waals surface area contributed by atoms with Gasteiger partial charge in [-0.05, 0) is 78.9 Å². The Morgan fingerprint density at radius 1 is 1.07 bits per heavy atom. The monoisotopic (exact) mass is 405 g/mol. The molecule has 156 valence electrons. The highest BCUT2D eigenvalue weighted by Gasteiger charge is 2.14. The van der Waals surface area contributed by atoms with Gasteiger partial charge in [0.2, 0.25) is 0 Å². The van der Waals surface area contributed by atoms with E-state index in [1.807, 2.05) is 48.5 Å². The highest BCUT2D eigenvalue weighted by Crippen LogP contribution is 2.32. The van der Waals surface area contributed by atoms with Gasteiger partial charge in [0.15, 0.2) is 11.5 Å². The number of nitrogens with one attached hydrogen (secondary N) is 1. The Morgan fingerprint density at radius 2 is 1.97 bits per heavy atom. The predicted octanol–water partition coefficient (Wildman–Crippen LogP) is 4.44. The molecular weight excluding hydrogens is 378 g/mol. The maximum Gasteiger partial charge on any atom is 0.346 e. The van der Waals surface area contributed by atoms with E-state index in [0.29, 0.717) is 11.5 Å². The molecule has 0 saturated heterocycles. The quantitative estimate of drug-likeness (QED) is 0.419. The largest absolute Gasteiger partial charge is 0.493 e. The van der Waals surface area contributed by atoms with Crippen LogP contribution in [0.1, 0.15) is 37.7 Å². The Balaban J connectivity index is 1.38. The van der Waals surface area contributed by atoms with Crippen molar-refractivity contribution in [3.8, 4) is 23.2 Å².